The molecule has 0 aromatic heterocycles. The number of carbonyl (C=O) groups excluding carboxylic acids is 1. The maximum Gasteiger partial charge on any atom is 0.241 e. The first kappa shape index (κ1) is 18.2. The molecule has 0 unspecified atom stereocenters. The normalized spacial score (nSPS) is 15.1. The molecular formula is C20H23FN2O3. The average Bonchev–Trinajstić information content (AvgIpc) is 2.67. The van der Waals surface area contributed by atoms with Gasteiger partial charge in [-0.3, -0.25) is 9.69 Å². The highest BCUT2D eigenvalue weighted by molar-refractivity contribution is 5.94. The highest BCUT2D eigenvalue weighted by atomic mass is 19.1. The fraction of sp³-hybridized carbons (Fsp3) is 0.350. The fourth-order valence-corrected chi connectivity index (χ4v) is 3.18. The van der Waals surface area contributed by atoms with Crippen molar-refractivity contribution >= 4 is 11.6 Å². The zero-order valence-corrected chi connectivity index (χ0v) is 15.2. The van der Waals surface area contributed by atoms with E-state index < -0.39 is 0 Å². The predicted octanol–water partition coefficient (Wildman–Crippen LogP) is 3.23. The van der Waals surface area contributed by atoms with Crippen LogP contribution in [0.4, 0.5) is 10.1 Å². The Morgan fingerprint density at radius 1 is 1.12 bits per heavy atom. The number of nitrogens with one attached hydrogen (secondary N) is 1. The third-order valence-corrected chi connectivity index (χ3v) is 4.79. The second kappa shape index (κ2) is 7.74. The highest BCUT2D eigenvalue weighted by Crippen LogP contribution is 2.33. The van der Waals surface area contributed by atoms with Gasteiger partial charge in [-0.15, -0.1) is 0 Å². The molecule has 5 nitrogen and oxygen atoms in total. The summed E-state index contributed by atoms with van der Waals surface area (Å²) in [7, 11) is 3.24. The third-order valence-electron chi connectivity index (χ3n) is 4.79. The molecule has 1 aliphatic rings. The van der Waals surface area contributed by atoms with E-state index in [2.05, 4.69) is 10.2 Å². The van der Waals surface area contributed by atoms with Gasteiger partial charge in [-0.1, -0.05) is 0 Å². The van der Waals surface area contributed by atoms with Gasteiger partial charge in [0.2, 0.25) is 5.91 Å². The highest BCUT2D eigenvalue weighted by Gasteiger charge is 2.26. The van der Waals surface area contributed by atoms with Crippen molar-refractivity contribution in [3.8, 4) is 11.5 Å². The number of fused-ring (bicyclic) bond motifs is 1. The van der Waals surface area contributed by atoms with Crippen molar-refractivity contribution in [3.63, 3.8) is 0 Å². The number of ether oxygens (including phenoxy) is 2. The summed E-state index contributed by atoms with van der Waals surface area (Å²) < 4.78 is 23.7. The second-order valence-corrected chi connectivity index (χ2v) is 6.37. The maximum absolute atomic E-state index is 13.0. The fourth-order valence-electron chi connectivity index (χ4n) is 3.18. The van der Waals surface area contributed by atoms with Crippen LogP contribution >= 0.6 is 0 Å². The molecule has 0 spiro atoms. The van der Waals surface area contributed by atoms with Crippen LogP contribution in [0.5, 0.6) is 11.5 Å². The van der Waals surface area contributed by atoms with Gasteiger partial charge in [0, 0.05) is 18.8 Å². The van der Waals surface area contributed by atoms with E-state index in [1.807, 2.05) is 19.1 Å². The largest absolute Gasteiger partial charge is 0.493 e. The van der Waals surface area contributed by atoms with Crippen LogP contribution in [0.3, 0.4) is 0 Å². The number of benzene rings is 2. The van der Waals surface area contributed by atoms with E-state index in [0.717, 1.165) is 24.3 Å². The molecule has 1 heterocycles. The van der Waals surface area contributed by atoms with Gasteiger partial charge in [0.25, 0.3) is 0 Å². The van der Waals surface area contributed by atoms with Gasteiger partial charge >= 0.3 is 0 Å². The molecule has 26 heavy (non-hydrogen) atoms. The monoisotopic (exact) mass is 358 g/mol. The van der Waals surface area contributed by atoms with Gasteiger partial charge in [-0.05, 0) is 60.9 Å². The van der Waals surface area contributed by atoms with Crippen molar-refractivity contribution < 1.29 is 18.7 Å². The van der Waals surface area contributed by atoms with Crippen LogP contribution in [0.25, 0.3) is 0 Å². The van der Waals surface area contributed by atoms with E-state index in [4.69, 9.17) is 9.47 Å². The van der Waals surface area contributed by atoms with Gasteiger partial charge in [-0.25, -0.2) is 4.39 Å². The number of halogens is 1. The SMILES string of the molecule is COc1cc2c(cc1OC)CN([C@H](C)C(=O)Nc1ccc(F)cc1)CC2. The Labute approximate surface area is 152 Å². The van der Waals surface area contributed by atoms with Crippen molar-refractivity contribution in [2.75, 3.05) is 26.1 Å². The Kier molecular flexibility index (Phi) is 5.42. The Balaban J connectivity index is 1.71. The van der Waals surface area contributed by atoms with Crippen LogP contribution in [0.2, 0.25) is 0 Å². The van der Waals surface area contributed by atoms with Gasteiger partial charge in [0.05, 0.1) is 20.3 Å². The first-order chi connectivity index (χ1) is 12.5. The van der Waals surface area contributed by atoms with E-state index in [-0.39, 0.29) is 17.8 Å². The summed E-state index contributed by atoms with van der Waals surface area (Å²) in [5.74, 6) is 0.979. The van der Waals surface area contributed by atoms with Gasteiger partial charge < -0.3 is 14.8 Å². The molecule has 1 amide bonds. The van der Waals surface area contributed by atoms with Crippen molar-refractivity contribution in [1.82, 2.24) is 4.90 Å². The summed E-state index contributed by atoms with van der Waals surface area (Å²) in [6.45, 7) is 3.32. The smallest absolute Gasteiger partial charge is 0.241 e. The van der Waals surface area contributed by atoms with E-state index in [1.165, 1.54) is 17.7 Å². The second-order valence-electron chi connectivity index (χ2n) is 6.37. The molecule has 1 aliphatic heterocycles. The van der Waals surface area contributed by atoms with Crippen molar-refractivity contribution in [2.45, 2.75) is 25.9 Å². The van der Waals surface area contributed by atoms with E-state index in [9.17, 15) is 9.18 Å². The number of hydrogen-bond donors (Lipinski definition) is 1. The lowest BCUT2D eigenvalue weighted by atomic mass is 9.97. The Bertz CT molecular complexity index is 792. The first-order valence-corrected chi connectivity index (χ1v) is 8.56. The molecule has 0 radical (unpaired) electrons. The van der Waals surface area contributed by atoms with Crippen LogP contribution in [0.15, 0.2) is 36.4 Å². The molecule has 2 aromatic rings. The number of amides is 1. The Morgan fingerprint density at radius 2 is 1.73 bits per heavy atom. The standard InChI is InChI=1S/C20H23FN2O3/c1-13(20(24)22-17-6-4-16(21)5-7-17)23-9-8-14-10-18(25-2)19(26-3)11-15(14)12-23/h4-7,10-11,13H,8-9,12H2,1-3H3,(H,22,24)/t13-/m1/s1. The van der Waals surface area contributed by atoms with Crippen molar-refractivity contribution in [1.29, 1.82) is 0 Å². The van der Waals surface area contributed by atoms with Gasteiger partial charge in [0.15, 0.2) is 11.5 Å². The summed E-state index contributed by atoms with van der Waals surface area (Å²) in [6, 6.07) is 9.46. The lowest BCUT2D eigenvalue weighted by Gasteiger charge is -2.33. The van der Waals surface area contributed by atoms with Crippen molar-refractivity contribution in [2.24, 2.45) is 0 Å². The van der Waals surface area contributed by atoms with E-state index in [0.29, 0.717) is 18.0 Å². The minimum atomic E-state index is -0.326. The van der Waals surface area contributed by atoms with Gasteiger partial charge in [-0.2, -0.15) is 0 Å². The van der Waals surface area contributed by atoms with Crippen LogP contribution in [0.1, 0.15) is 18.1 Å². The molecule has 1 N–H and O–H groups in total. The molecule has 2 aromatic carbocycles. The Morgan fingerprint density at radius 3 is 2.35 bits per heavy atom. The lowest BCUT2D eigenvalue weighted by Crippen LogP contribution is -2.44. The van der Waals surface area contributed by atoms with E-state index in [1.54, 1.807) is 26.4 Å². The lowest BCUT2D eigenvalue weighted by molar-refractivity contribution is -0.121. The first-order valence-electron chi connectivity index (χ1n) is 8.56. The molecule has 0 saturated carbocycles. The number of methoxy groups -OCH3 is 2. The molecule has 0 bridgehead atoms. The van der Waals surface area contributed by atoms with Crippen LogP contribution < -0.4 is 14.8 Å². The molecular weight excluding hydrogens is 335 g/mol. The summed E-state index contributed by atoms with van der Waals surface area (Å²) in [4.78, 5) is 14.7. The molecule has 0 aliphatic carbocycles. The van der Waals surface area contributed by atoms with Gasteiger partial charge in [0.1, 0.15) is 5.82 Å². The number of nitrogens with zero attached hydrogens (tertiary/aromatic N) is 1. The zero-order chi connectivity index (χ0) is 18.7. The van der Waals surface area contributed by atoms with Crippen LogP contribution in [0, 0.1) is 5.82 Å². The number of anilines is 1. The predicted molar refractivity (Wildman–Crippen MR) is 98.2 cm³/mol. The third kappa shape index (κ3) is 3.80. The van der Waals surface area contributed by atoms with Crippen molar-refractivity contribution in [3.05, 3.63) is 53.3 Å². The van der Waals surface area contributed by atoms with Crippen LogP contribution in [-0.2, 0) is 17.8 Å². The number of hydrogen-bond acceptors (Lipinski definition) is 4. The summed E-state index contributed by atoms with van der Waals surface area (Å²) in [5, 5.41) is 2.84. The molecule has 0 saturated heterocycles. The molecule has 6 heteroatoms. The summed E-state index contributed by atoms with van der Waals surface area (Å²) >= 11 is 0. The molecule has 1 atom stereocenters. The minimum absolute atomic E-state index is 0.111. The maximum atomic E-state index is 13.0. The number of rotatable bonds is 5. The van der Waals surface area contributed by atoms with Crippen LogP contribution in [-0.4, -0.2) is 37.6 Å². The minimum Gasteiger partial charge on any atom is -0.493 e. The molecule has 0 fully saturated rings. The summed E-state index contributed by atoms with van der Waals surface area (Å²) in [5.41, 5.74) is 2.94. The average molecular weight is 358 g/mol. The zero-order valence-electron chi connectivity index (χ0n) is 15.2. The quantitative estimate of drug-likeness (QED) is 0.892. The Hall–Kier alpha value is -2.60. The summed E-state index contributed by atoms with van der Waals surface area (Å²) in [6.07, 6.45) is 0.837. The number of carbonyl (C=O) groups is 1. The van der Waals surface area contributed by atoms with E-state index >= 15 is 0 Å². The molecule has 138 valence electrons. The topological polar surface area (TPSA) is 50.8 Å². The molecule has 3 rings (SSSR count).